The molecule has 100 valence electrons. The van der Waals surface area contributed by atoms with Crippen LogP contribution in [0.5, 0.6) is 0 Å². The number of hydrogen-bond acceptors (Lipinski definition) is 3. The normalized spacial score (nSPS) is 10.2. The Labute approximate surface area is 112 Å². The average Bonchev–Trinajstić information content (AvgIpc) is 2.78. The SMILES string of the molecule is Cc1occc1CN(C)C(=O)Nc1ccc(N)cc1. The van der Waals surface area contributed by atoms with E-state index in [0.717, 1.165) is 17.0 Å². The fourth-order valence-corrected chi connectivity index (χ4v) is 1.69. The summed E-state index contributed by atoms with van der Waals surface area (Å²) in [6.07, 6.45) is 1.62. The van der Waals surface area contributed by atoms with E-state index in [2.05, 4.69) is 5.32 Å². The number of aryl methyl sites for hydroxylation is 1. The highest BCUT2D eigenvalue weighted by atomic mass is 16.3. The standard InChI is InChI=1S/C14H17N3O2/c1-10-11(7-8-19-10)9-17(2)14(18)16-13-5-3-12(15)4-6-13/h3-8H,9,15H2,1-2H3,(H,16,18). The number of anilines is 2. The van der Waals surface area contributed by atoms with Gasteiger partial charge in [-0.3, -0.25) is 0 Å². The van der Waals surface area contributed by atoms with E-state index in [0.29, 0.717) is 12.2 Å². The zero-order valence-electron chi connectivity index (χ0n) is 11.0. The predicted octanol–water partition coefficient (Wildman–Crippen LogP) is 2.83. The second kappa shape index (κ2) is 5.48. The summed E-state index contributed by atoms with van der Waals surface area (Å²) in [5, 5.41) is 2.80. The molecule has 2 rings (SSSR count). The number of urea groups is 1. The summed E-state index contributed by atoms with van der Waals surface area (Å²) in [6, 6.07) is 8.72. The molecule has 5 heteroatoms. The van der Waals surface area contributed by atoms with Crippen LogP contribution in [0.25, 0.3) is 0 Å². The van der Waals surface area contributed by atoms with Crippen LogP contribution in [0.15, 0.2) is 41.0 Å². The van der Waals surface area contributed by atoms with Crippen molar-refractivity contribution in [1.82, 2.24) is 4.90 Å². The number of rotatable bonds is 3. The lowest BCUT2D eigenvalue weighted by molar-refractivity contribution is 0.220. The summed E-state index contributed by atoms with van der Waals surface area (Å²) in [7, 11) is 1.74. The van der Waals surface area contributed by atoms with Gasteiger partial charge < -0.3 is 20.4 Å². The minimum atomic E-state index is -0.176. The van der Waals surface area contributed by atoms with Gasteiger partial charge >= 0.3 is 6.03 Å². The van der Waals surface area contributed by atoms with E-state index in [1.807, 2.05) is 13.0 Å². The Morgan fingerprint density at radius 1 is 1.32 bits per heavy atom. The molecule has 1 aromatic carbocycles. The molecule has 0 saturated heterocycles. The zero-order valence-corrected chi connectivity index (χ0v) is 11.0. The van der Waals surface area contributed by atoms with Crippen LogP contribution in [-0.2, 0) is 6.54 Å². The van der Waals surface area contributed by atoms with E-state index in [1.54, 1.807) is 42.5 Å². The van der Waals surface area contributed by atoms with Crippen molar-refractivity contribution >= 4 is 17.4 Å². The molecule has 0 fully saturated rings. The lowest BCUT2D eigenvalue weighted by Gasteiger charge is -2.17. The third-order valence-corrected chi connectivity index (χ3v) is 2.88. The first-order valence-electron chi connectivity index (χ1n) is 5.97. The summed E-state index contributed by atoms with van der Waals surface area (Å²) >= 11 is 0. The number of nitrogens with one attached hydrogen (secondary N) is 1. The Bertz CT molecular complexity index is 560. The molecule has 0 aliphatic heterocycles. The highest BCUT2D eigenvalue weighted by Crippen LogP contribution is 2.14. The maximum Gasteiger partial charge on any atom is 0.321 e. The van der Waals surface area contributed by atoms with Crippen LogP contribution in [0.2, 0.25) is 0 Å². The van der Waals surface area contributed by atoms with Crippen LogP contribution in [0, 0.1) is 6.92 Å². The van der Waals surface area contributed by atoms with Crippen molar-refractivity contribution in [3.05, 3.63) is 47.9 Å². The highest BCUT2D eigenvalue weighted by Gasteiger charge is 2.11. The Morgan fingerprint density at radius 2 is 2.00 bits per heavy atom. The van der Waals surface area contributed by atoms with E-state index in [1.165, 1.54) is 0 Å². The van der Waals surface area contributed by atoms with Gasteiger partial charge in [0.05, 0.1) is 12.8 Å². The van der Waals surface area contributed by atoms with Gasteiger partial charge in [0, 0.05) is 24.0 Å². The fraction of sp³-hybridized carbons (Fsp3) is 0.214. The third-order valence-electron chi connectivity index (χ3n) is 2.88. The Hall–Kier alpha value is -2.43. The fourth-order valence-electron chi connectivity index (χ4n) is 1.69. The van der Waals surface area contributed by atoms with Gasteiger partial charge in [0.25, 0.3) is 0 Å². The summed E-state index contributed by atoms with van der Waals surface area (Å²) in [5.74, 6) is 0.826. The molecule has 0 radical (unpaired) electrons. The Kier molecular flexibility index (Phi) is 3.75. The molecule has 0 saturated carbocycles. The number of amides is 2. The van der Waals surface area contributed by atoms with E-state index >= 15 is 0 Å². The van der Waals surface area contributed by atoms with E-state index in [4.69, 9.17) is 10.2 Å². The minimum absolute atomic E-state index is 0.176. The van der Waals surface area contributed by atoms with E-state index in [-0.39, 0.29) is 6.03 Å². The summed E-state index contributed by atoms with van der Waals surface area (Å²) < 4.78 is 5.20. The lowest BCUT2D eigenvalue weighted by atomic mass is 10.2. The van der Waals surface area contributed by atoms with E-state index < -0.39 is 0 Å². The summed E-state index contributed by atoms with van der Waals surface area (Å²) in [6.45, 7) is 2.38. The van der Waals surface area contributed by atoms with Gasteiger partial charge in [0.15, 0.2) is 0 Å². The highest BCUT2D eigenvalue weighted by molar-refractivity contribution is 5.89. The third kappa shape index (κ3) is 3.28. The van der Waals surface area contributed by atoms with E-state index in [9.17, 15) is 4.79 Å². The number of carbonyl (C=O) groups is 1. The monoisotopic (exact) mass is 259 g/mol. The van der Waals surface area contributed by atoms with Crippen LogP contribution in [0.4, 0.5) is 16.2 Å². The molecule has 1 aromatic heterocycles. The lowest BCUT2D eigenvalue weighted by Crippen LogP contribution is -2.30. The quantitative estimate of drug-likeness (QED) is 0.832. The Morgan fingerprint density at radius 3 is 2.58 bits per heavy atom. The van der Waals surface area contributed by atoms with Crippen molar-refractivity contribution in [2.24, 2.45) is 0 Å². The topological polar surface area (TPSA) is 71.5 Å². The molecule has 1 heterocycles. The number of nitrogens with zero attached hydrogens (tertiary/aromatic N) is 1. The number of benzene rings is 1. The molecular formula is C14H17N3O2. The molecule has 19 heavy (non-hydrogen) atoms. The molecule has 0 bridgehead atoms. The van der Waals surface area contributed by atoms with Gasteiger partial charge in [0.1, 0.15) is 5.76 Å². The molecule has 5 nitrogen and oxygen atoms in total. The number of hydrogen-bond donors (Lipinski definition) is 2. The van der Waals surface area contributed by atoms with Crippen LogP contribution in [-0.4, -0.2) is 18.0 Å². The molecule has 0 spiro atoms. The molecular weight excluding hydrogens is 242 g/mol. The maximum absolute atomic E-state index is 12.0. The predicted molar refractivity (Wildman–Crippen MR) is 74.8 cm³/mol. The van der Waals surface area contributed by atoms with Gasteiger partial charge in [-0.15, -0.1) is 0 Å². The minimum Gasteiger partial charge on any atom is -0.469 e. The van der Waals surface area contributed by atoms with Crippen molar-refractivity contribution in [1.29, 1.82) is 0 Å². The van der Waals surface area contributed by atoms with Crippen LogP contribution < -0.4 is 11.1 Å². The summed E-state index contributed by atoms with van der Waals surface area (Å²) in [5.41, 5.74) is 7.97. The Balaban J connectivity index is 1.96. The van der Waals surface area contributed by atoms with Crippen molar-refractivity contribution < 1.29 is 9.21 Å². The number of carbonyl (C=O) groups excluding carboxylic acids is 1. The summed E-state index contributed by atoms with van der Waals surface area (Å²) in [4.78, 5) is 13.6. The molecule has 0 unspecified atom stereocenters. The smallest absolute Gasteiger partial charge is 0.321 e. The first kappa shape index (κ1) is 13.0. The first-order valence-corrected chi connectivity index (χ1v) is 5.97. The van der Waals surface area contributed by atoms with Crippen LogP contribution >= 0.6 is 0 Å². The van der Waals surface area contributed by atoms with Gasteiger partial charge in [-0.25, -0.2) is 4.79 Å². The molecule has 2 aromatic rings. The van der Waals surface area contributed by atoms with Gasteiger partial charge in [-0.05, 0) is 37.3 Å². The number of nitrogens with two attached hydrogens (primary N) is 1. The van der Waals surface area contributed by atoms with Gasteiger partial charge in [-0.2, -0.15) is 0 Å². The van der Waals surface area contributed by atoms with Gasteiger partial charge in [0.2, 0.25) is 0 Å². The van der Waals surface area contributed by atoms with Crippen molar-refractivity contribution in [3.63, 3.8) is 0 Å². The van der Waals surface area contributed by atoms with Crippen molar-refractivity contribution in [3.8, 4) is 0 Å². The molecule has 2 amide bonds. The molecule has 0 atom stereocenters. The molecule has 0 aliphatic rings. The maximum atomic E-state index is 12.0. The molecule has 0 aliphatic carbocycles. The average molecular weight is 259 g/mol. The largest absolute Gasteiger partial charge is 0.469 e. The van der Waals surface area contributed by atoms with Gasteiger partial charge in [-0.1, -0.05) is 0 Å². The second-order valence-corrected chi connectivity index (χ2v) is 4.41. The zero-order chi connectivity index (χ0) is 13.8. The van der Waals surface area contributed by atoms with Crippen LogP contribution in [0.3, 0.4) is 0 Å². The van der Waals surface area contributed by atoms with Crippen molar-refractivity contribution in [2.75, 3.05) is 18.1 Å². The number of nitrogen functional groups attached to an aromatic ring is 1. The number of furan rings is 1. The molecule has 3 N–H and O–H groups in total. The van der Waals surface area contributed by atoms with Crippen LogP contribution in [0.1, 0.15) is 11.3 Å². The van der Waals surface area contributed by atoms with Crippen molar-refractivity contribution in [2.45, 2.75) is 13.5 Å². The first-order chi connectivity index (χ1) is 9.06. The second-order valence-electron chi connectivity index (χ2n) is 4.41.